The van der Waals surface area contributed by atoms with Crippen molar-refractivity contribution in [1.29, 1.82) is 0 Å². The van der Waals surface area contributed by atoms with E-state index in [2.05, 4.69) is 67.5 Å². The Labute approximate surface area is 391 Å². The molecular formula is C43H56N10O11S2. The summed E-state index contributed by atoms with van der Waals surface area (Å²) in [5, 5.41) is 28.0. The third-order valence-corrected chi connectivity index (χ3v) is 11.4. The lowest BCUT2D eigenvalue weighted by Gasteiger charge is -2.28. The molecule has 4 rings (SSSR count). The molecule has 1 aromatic heterocycles. The minimum atomic E-state index is -1.54. The minimum absolute atomic E-state index is 0.0207. The van der Waals surface area contributed by atoms with Crippen LogP contribution >= 0.6 is 25.3 Å². The lowest BCUT2D eigenvalue weighted by atomic mass is 10.0. The fourth-order valence-corrected chi connectivity index (χ4v) is 7.70. The van der Waals surface area contributed by atoms with Crippen molar-refractivity contribution in [3.05, 3.63) is 71.9 Å². The predicted octanol–water partition coefficient (Wildman–Crippen LogP) is -0.798. The predicted molar refractivity (Wildman–Crippen MR) is 247 cm³/mol. The molecule has 0 bridgehead atoms. The summed E-state index contributed by atoms with van der Waals surface area (Å²) < 4.78 is 0. The van der Waals surface area contributed by atoms with Gasteiger partial charge in [0, 0.05) is 47.9 Å². The summed E-state index contributed by atoms with van der Waals surface area (Å²) in [4.78, 5) is 135. The molecule has 1 saturated heterocycles. The molecule has 66 heavy (non-hydrogen) atoms. The Bertz CT molecular complexity index is 2250. The van der Waals surface area contributed by atoms with Crippen LogP contribution in [0.3, 0.4) is 0 Å². The number of carbonyl (C=O) groups is 10. The van der Waals surface area contributed by atoms with Crippen molar-refractivity contribution >= 4 is 95.4 Å². The number of aliphatic carboxylic acids is 1. The number of benzene rings is 2. The van der Waals surface area contributed by atoms with Gasteiger partial charge in [-0.3, -0.25) is 43.2 Å². The van der Waals surface area contributed by atoms with Gasteiger partial charge in [0.05, 0.1) is 6.54 Å². The Morgan fingerprint density at radius 1 is 0.682 bits per heavy atom. The fourth-order valence-electron chi connectivity index (χ4n) is 7.10. The smallest absolute Gasteiger partial charge is 0.325 e. The van der Waals surface area contributed by atoms with Crippen LogP contribution in [-0.4, -0.2) is 135 Å². The van der Waals surface area contributed by atoms with Crippen LogP contribution in [0, 0.1) is 0 Å². The number of carboxylic acid groups (broad SMARTS) is 1. The summed E-state index contributed by atoms with van der Waals surface area (Å²) in [6.45, 7) is 2.99. The van der Waals surface area contributed by atoms with E-state index in [0.29, 0.717) is 22.4 Å². The zero-order valence-electron chi connectivity index (χ0n) is 36.3. The van der Waals surface area contributed by atoms with Crippen molar-refractivity contribution in [2.45, 2.75) is 101 Å². The summed E-state index contributed by atoms with van der Waals surface area (Å²) in [5.41, 5.74) is 7.53. The standard InChI is InChI=1S/C43H56N10O11S2/c1-3-10-28(48-39(60)29(15-16-35(55)56)49-42(63)33(22-66)53-34(54)20-46-43(53)64)38(59)50-30(17-23-11-6-5-7-12-23)40(61)47-26(4-2)37(58)51-31(41(62)52-32(21-65)36(44)57)18-24-19-45-27-14-9-8-13-25(24)27/h5-9,11-14,19,26,28-33,45,65-66H,3-4,10,15-18,20-22H2,1-2H3,(H2,44,57)(H,46,64)(H,47,61)(H,48,60)(H,49,63)(H,50,59)(H,51,58)(H,52,62)(H,55,56)/t26-,28-,29-,30+,31-,32-,33-/m0/s1. The van der Waals surface area contributed by atoms with E-state index in [1.165, 1.54) is 0 Å². The number of para-hydroxylation sites is 1. The monoisotopic (exact) mass is 952 g/mol. The number of hydrogen-bond acceptors (Lipinski definition) is 12. The highest BCUT2D eigenvalue weighted by molar-refractivity contribution is 7.80. The molecule has 1 aliphatic rings. The van der Waals surface area contributed by atoms with Gasteiger partial charge >= 0.3 is 12.0 Å². The number of aromatic nitrogens is 1. The fraction of sp³-hybridized carbons (Fsp3) is 0.442. The second-order valence-electron chi connectivity index (χ2n) is 15.5. The Balaban J connectivity index is 1.54. The summed E-state index contributed by atoms with van der Waals surface area (Å²) >= 11 is 8.21. The topological polar surface area (TPSA) is 320 Å². The number of fused-ring (bicyclic) bond motifs is 1. The van der Waals surface area contributed by atoms with E-state index < -0.39 is 114 Å². The molecule has 23 heteroatoms. The number of carboxylic acids is 1. The van der Waals surface area contributed by atoms with Crippen LogP contribution in [0.2, 0.25) is 0 Å². The lowest BCUT2D eigenvalue weighted by Crippen LogP contribution is -2.60. The maximum Gasteiger partial charge on any atom is 0.325 e. The van der Waals surface area contributed by atoms with E-state index in [1.807, 2.05) is 24.3 Å². The van der Waals surface area contributed by atoms with Crippen LogP contribution < -0.4 is 43.0 Å². The molecule has 21 nitrogen and oxygen atoms in total. The first kappa shape index (κ1) is 52.0. The number of carbonyl (C=O) groups excluding carboxylic acids is 9. The van der Waals surface area contributed by atoms with Crippen LogP contribution in [0.5, 0.6) is 0 Å². The van der Waals surface area contributed by atoms with Crippen LogP contribution in [0.15, 0.2) is 60.8 Å². The molecular weight excluding hydrogens is 897 g/mol. The number of nitrogens with one attached hydrogen (secondary N) is 8. The molecule has 2 heterocycles. The van der Waals surface area contributed by atoms with Crippen LogP contribution in [0.25, 0.3) is 10.9 Å². The molecule has 0 unspecified atom stereocenters. The van der Waals surface area contributed by atoms with Crippen molar-refractivity contribution in [2.24, 2.45) is 5.73 Å². The van der Waals surface area contributed by atoms with Gasteiger partial charge in [-0.15, -0.1) is 0 Å². The highest BCUT2D eigenvalue weighted by Crippen LogP contribution is 2.20. The molecule has 0 aliphatic carbocycles. The number of nitrogens with two attached hydrogens (primary N) is 1. The Kier molecular flexibility index (Phi) is 19.8. The first-order chi connectivity index (χ1) is 31.5. The molecule has 0 saturated carbocycles. The zero-order valence-corrected chi connectivity index (χ0v) is 38.1. The zero-order chi connectivity index (χ0) is 48.5. The van der Waals surface area contributed by atoms with Gasteiger partial charge in [-0.25, -0.2) is 9.69 Å². The highest BCUT2D eigenvalue weighted by Gasteiger charge is 2.40. The number of amides is 10. The Morgan fingerprint density at radius 3 is 1.77 bits per heavy atom. The number of urea groups is 1. The van der Waals surface area contributed by atoms with Gasteiger partial charge in [0.15, 0.2) is 0 Å². The summed E-state index contributed by atoms with van der Waals surface area (Å²) in [7, 11) is 0. The molecule has 2 aromatic carbocycles. The number of primary amides is 1. The van der Waals surface area contributed by atoms with E-state index >= 15 is 0 Å². The van der Waals surface area contributed by atoms with Crippen molar-refractivity contribution in [3.63, 3.8) is 0 Å². The molecule has 0 spiro atoms. The number of nitrogens with zero attached hydrogens (tertiary/aromatic N) is 1. The number of aromatic amines is 1. The van der Waals surface area contributed by atoms with E-state index in [1.54, 1.807) is 50.4 Å². The van der Waals surface area contributed by atoms with Crippen LogP contribution in [0.1, 0.15) is 57.1 Å². The van der Waals surface area contributed by atoms with Crippen molar-refractivity contribution < 1.29 is 53.1 Å². The Hall–Kier alpha value is -6.62. The quantitative estimate of drug-likeness (QED) is 0.0349. The molecule has 7 atom stereocenters. The third kappa shape index (κ3) is 14.4. The molecule has 356 valence electrons. The second-order valence-corrected chi connectivity index (χ2v) is 16.2. The molecule has 10 amide bonds. The van der Waals surface area contributed by atoms with Gasteiger partial charge in [0.2, 0.25) is 41.4 Å². The van der Waals surface area contributed by atoms with E-state index in [9.17, 15) is 53.1 Å². The first-order valence-corrected chi connectivity index (χ1v) is 22.5. The SMILES string of the molecule is CCC[C@H](NC(=O)[C@H](CCC(=O)O)NC(=O)[C@H](CS)N1C(=O)CNC1=O)C(=O)N[C@H](Cc1ccccc1)C(=O)N[C@@H](CC)C(=O)N[C@@H](Cc1c[nH]c2ccccc12)C(=O)N[C@@H](CS)C(N)=O. The van der Waals surface area contributed by atoms with Gasteiger partial charge in [0.25, 0.3) is 5.91 Å². The van der Waals surface area contributed by atoms with E-state index in [-0.39, 0.29) is 43.7 Å². The minimum Gasteiger partial charge on any atom is -0.481 e. The van der Waals surface area contributed by atoms with E-state index in [4.69, 9.17) is 5.73 Å². The summed E-state index contributed by atoms with van der Waals surface area (Å²) in [6, 6.07) is 5.81. The molecule has 1 aliphatic heterocycles. The van der Waals surface area contributed by atoms with Gasteiger partial charge in [-0.1, -0.05) is 68.8 Å². The summed E-state index contributed by atoms with van der Waals surface area (Å²) in [5.74, 6) is -8.29. The second kappa shape index (κ2) is 25.2. The van der Waals surface area contributed by atoms with Gasteiger partial charge in [-0.2, -0.15) is 25.3 Å². The largest absolute Gasteiger partial charge is 0.481 e. The van der Waals surface area contributed by atoms with Crippen molar-refractivity contribution in [2.75, 3.05) is 18.1 Å². The average molecular weight is 953 g/mol. The lowest BCUT2D eigenvalue weighted by molar-refractivity contribution is -0.139. The highest BCUT2D eigenvalue weighted by atomic mass is 32.1. The maximum atomic E-state index is 14.2. The number of rotatable bonds is 26. The molecule has 3 aromatic rings. The number of H-pyrrole nitrogens is 1. The van der Waals surface area contributed by atoms with Crippen molar-refractivity contribution in [3.8, 4) is 0 Å². The third-order valence-electron chi connectivity index (χ3n) is 10.7. The van der Waals surface area contributed by atoms with Gasteiger partial charge in [-0.05, 0) is 36.5 Å². The normalized spacial score (nSPS) is 15.5. The summed E-state index contributed by atoms with van der Waals surface area (Å²) in [6.07, 6.45) is 0.991. The van der Waals surface area contributed by atoms with Crippen molar-refractivity contribution in [1.82, 2.24) is 47.1 Å². The van der Waals surface area contributed by atoms with Gasteiger partial charge in [0.1, 0.15) is 42.3 Å². The van der Waals surface area contributed by atoms with E-state index in [0.717, 1.165) is 10.9 Å². The molecule has 0 radical (unpaired) electrons. The molecule has 1 fully saturated rings. The number of hydrogen-bond donors (Lipinski definition) is 12. The number of imide groups is 1. The Morgan fingerprint density at radius 2 is 1.21 bits per heavy atom. The van der Waals surface area contributed by atoms with Crippen LogP contribution in [0.4, 0.5) is 4.79 Å². The average Bonchev–Trinajstić information content (AvgIpc) is 3.86. The maximum absolute atomic E-state index is 14.2. The number of thiol groups is 2. The molecule has 11 N–H and O–H groups in total. The van der Waals surface area contributed by atoms with Gasteiger partial charge < -0.3 is 53.0 Å². The van der Waals surface area contributed by atoms with Crippen LogP contribution in [-0.2, 0) is 56.0 Å². The first-order valence-electron chi connectivity index (χ1n) is 21.2.